The van der Waals surface area contributed by atoms with Gasteiger partial charge in [0.1, 0.15) is 0 Å². The normalized spacial score (nSPS) is 9.50. The Labute approximate surface area is 118 Å². The molecule has 0 spiro atoms. The van der Waals surface area contributed by atoms with Crippen LogP contribution in [0.5, 0.6) is 0 Å². The van der Waals surface area contributed by atoms with Crippen LogP contribution in [-0.4, -0.2) is 17.4 Å². The average molecular weight is 265 g/mol. The first-order chi connectivity index (χ1) is 9.72. The number of carbonyl (C=O) groups excluding carboxylic acids is 1. The molecule has 1 heterocycles. The first kappa shape index (κ1) is 13.8. The zero-order valence-corrected chi connectivity index (χ0v) is 11.2. The van der Waals surface area contributed by atoms with Crippen LogP contribution < -0.4 is 11.1 Å². The van der Waals surface area contributed by atoms with Gasteiger partial charge in [-0.1, -0.05) is 17.9 Å². The highest BCUT2D eigenvalue weighted by Crippen LogP contribution is 2.15. The maximum absolute atomic E-state index is 12.3. The van der Waals surface area contributed by atoms with E-state index in [9.17, 15) is 4.79 Å². The number of amides is 1. The Balaban J connectivity index is 2.26. The molecule has 2 aromatic rings. The molecule has 0 aliphatic carbocycles. The summed E-state index contributed by atoms with van der Waals surface area (Å²) in [5.74, 6) is 5.60. The van der Waals surface area contributed by atoms with E-state index in [1.807, 2.05) is 19.1 Å². The second kappa shape index (κ2) is 6.50. The van der Waals surface area contributed by atoms with Gasteiger partial charge in [-0.05, 0) is 36.8 Å². The number of nitrogens with two attached hydrogens (primary N) is 1. The van der Waals surface area contributed by atoms with Gasteiger partial charge >= 0.3 is 0 Å². The van der Waals surface area contributed by atoms with Gasteiger partial charge in [-0.3, -0.25) is 9.78 Å². The number of rotatable bonds is 2. The summed E-state index contributed by atoms with van der Waals surface area (Å²) in [6.07, 6.45) is 3.26. The topological polar surface area (TPSA) is 68.0 Å². The number of nitrogens with one attached hydrogen (secondary N) is 1. The van der Waals surface area contributed by atoms with E-state index < -0.39 is 0 Å². The second-order valence-corrected chi connectivity index (χ2v) is 4.17. The summed E-state index contributed by atoms with van der Waals surface area (Å²) in [5, 5.41) is 2.83. The predicted molar refractivity (Wildman–Crippen MR) is 79.3 cm³/mol. The second-order valence-electron chi connectivity index (χ2n) is 4.17. The fraction of sp³-hybridized carbons (Fsp3) is 0.125. The Hall–Kier alpha value is -2.64. The monoisotopic (exact) mass is 265 g/mol. The van der Waals surface area contributed by atoms with E-state index in [2.05, 4.69) is 22.1 Å². The van der Waals surface area contributed by atoms with Crippen molar-refractivity contribution in [1.29, 1.82) is 0 Å². The van der Waals surface area contributed by atoms with Crippen molar-refractivity contribution in [2.75, 3.05) is 11.9 Å². The van der Waals surface area contributed by atoms with Crippen molar-refractivity contribution in [2.24, 2.45) is 5.73 Å². The molecule has 100 valence electrons. The lowest BCUT2D eigenvalue weighted by atomic mass is 10.0. The quantitative estimate of drug-likeness (QED) is 0.815. The molecular weight excluding hydrogens is 250 g/mol. The van der Waals surface area contributed by atoms with Crippen molar-refractivity contribution in [2.45, 2.75) is 6.92 Å². The summed E-state index contributed by atoms with van der Waals surface area (Å²) in [4.78, 5) is 16.2. The standard InChI is InChI=1S/C16H15N3O/c1-12-13(5-3-9-17)4-2-6-15(12)16(20)19-14-7-10-18-11-8-14/h2,4,6-8,10-11H,9,17H2,1H3,(H,18,19,20). The minimum absolute atomic E-state index is 0.162. The van der Waals surface area contributed by atoms with Crippen LogP contribution in [0, 0.1) is 18.8 Å². The summed E-state index contributed by atoms with van der Waals surface area (Å²) in [6.45, 7) is 2.18. The fourth-order valence-electron chi connectivity index (χ4n) is 1.80. The molecule has 3 N–H and O–H groups in total. The lowest BCUT2D eigenvalue weighted by Crippen LogP contribution is -2.13. The smallest absolute Gasteiger partial charge is 0.255 e. The fourth-order valence-corrected chi connectivity index (χ4v) is 1.80. The summed E-state index contributed by atoms with van der Waals surface area (Å²) in [5.41, 5.74) is 8.35. The van der Waals surface area contributed by atoms with E-state index in [-0.39, 0.29) is 5.91 Å². The Kier molecular flexibility index (Phi) is 4.48. The number of hydrogen-bond donors (Lipinski definition) is 2. The Bertz CT molecular complexity index is 669. The van der Waals surface area contributed by atoms with Gasteiger partial charge in [-0.15, -0.1) is 0 Å². The SMILES string of the molecule is Cc1c(C#CCN)cccc1C(=O)Nc1ccncc1. The number of anilines is 1. The van der Waals surface area contributed by atoms with Crippen molar-refractivity contribution < 1.29 is 4.79 Å². The van der Waals surface area contributed by atoms with Gasteiger partial charge in [0.05, 0.1) is 6.54 Å². The third kappa shape index (κ3) is 3.22. The zero-order chi connectivity index (χ0) is 14.4. The van der Waals surface area contributed by atoms with Crippen LogP contribution in [0.4, 0.5) is 5.69 Å². The highest BCUT2D eigenvalue weighted by Gasteiger charge is 2.10. The lowest BCUT2D eigenvalue weighted by molar-refractivity contribution is 0.102. The first-order valence-corrected chi connectivity index (χ1v) is 6.22. The third-order valence-corrected chi connectivity index (χ3v) is 2.84. The van der Waals surface area contributed by atoms with Gasteiger partial charge in [-0.25, -0.2) is 0 Å². The molecule has 4 heteroatoms. The minimum atomic E-state index is -0.162. The van der Waals surface area contributed by atoms with Crippen LogP contribution in [0.15, 0.2) is 42.7 Å². The molecule has 0 aliphatic rings. The Morgan fingerprint density at radius 2 is 2.05 bits per heavy atom. The van der Waals surface area contributed by atoms with Gasteiger partial charge < -0.3 is 11.1 Å². The van der Waals surface area contributed by atoms with Crippen molar-refractivity contribution in [3.8, 4) is 11.8 Å². The van der Waals surface area contributed by atoms with Gasteiger partial charge in [-0.2, -0.15) is 0 Å². The number of aromatic nitrogens is 1. The number of nitrogens with zero attached hydrogens (tertiary/aromatic N) is 1. The molecule has 1 aromatic heterocycles. The molecule has 0 aliphatic heterocycles. The van der Waals surface area contributed by atoms with E-state index in [0.717, 1.165) is 11.1 Å². The molecule has 0 radical (unpaired) electrons. The van der Waals surface area contributed by atoms with Crippen molar-refractivity contribution in [3.63, 3.8) is 0 Å². The van der Waals surface area contributed by atoms with Crippen LogP contribution in [0.1, 0.15) is 21.5 Å². The maximum Gasteiger partial charge on any atom is 0.255 e. The number of benzene rings is 1. The summed E-state index contributed by atoms with van der Waals surface area (Å²) in [7, 11) is 0. The lowest BCUT2D eigenvalue weighted by Gasteiger charge is -2.08. The van der Waals surface area contributed by atoms with Crippen LogP contribution in [-0.2, 0) is 0 Å². The minimum Gasteiger partial charge on any atom is -0.322 e. The van der Waals surface area contributed by atoms with Crippen molar-refractivity contribution in [3.05, 3.63) is 59.4 Å². The van der Waals surface area contributed by atoms with Crippen LogP contribution in [0.25, 0.3) is 0 Å². The number of hydrogen-bond acceptors (Lipinski definition) is 3. The predicted octanol–water partition coefficient (Wildman–Crippen LogP) is 1.95. The van der Waals surface area contributed by atoms with Gasteiger partial charge in [0.15, 0.2) is 0 Å². The van der Waals surface area contributed by atoms with Gasteiger partial charge in [0.2, 0.25) is 0 Å². The van der Waals surface area contributed by atoms with Gasteiger partial charge in [0, 0.05) is 29.2 Å². The molecule has 2 rings (SSSR count). The van der Waals surface area contributed by atoms with Gasteiger partial charge in [0.25, 0.3) is 5.91 Å². The molecule has 0 saturated carbocycles. The molecule has 1 aromatic carbocycles. The number of carbonyl (C=O) groups is 1. The van der Waals surface area contributed by atoms with Crippen molar-refractivity contribution in [1.82, 2.24) is 4.98 Å². The molecule has 0 bridgehead atoms. The first-order valence-electron chi connectivity index (χ1n) is 6.22. The summed E-state index contributed by atoms with van der Waals surface area (Å²) < 4.78 is 0. The third-order valence-electron chi connectivity index (χ3n) is 2.84. The van der Waals surface area contributed by atoms with Crippen molar-refractivity contribution >= 4 is 11.6 Å². The van der Waals surface area contributed by atoms with E-state index in [4.69, 9.17) is 5.73 Å². The Morgan fingerprint density at radius 1 is 1.30 bits per heavy atom. The molecule has 0 unspecified atom stereocenters. The summed E-state index contributed by atoms with van der Waals surface area (Å²) in [6, 6.07) is 8.95. The molecule has 0 fully saturated rings. The highest BCUT2D eigenvalue weighted by atomic mass is 16.1. The average Bonchev–Trinajstić information content (AvgIpc) is 2.47. The van der Waals surface area contributed by atoms with E-state index in [1.165, 1.54) is 0 Å². The molecular formula is C16H15N3O. The Morgan fingerprint density at radius 3 is 2.75 bits per heavy atom. The highest BCUT2D eigenvalue weighted by molar-refractivity contribution is 6.05. The molecule has 0 saturated heterocycles. The van der Waals surface area contributed by atoms with E-state index in [0.29, 0.717) is 17.8 Å². The van der Waals surface area contributed by atoms with E-state index in [1.54, 1.807) is 30.6 Å². The van der Waals surface area contributed by atoms with Crippen LogP contribution >= 0.6 is 0 Å². The zero-order valence-electron chi connectivity index (χ0n) is 11.2. The molecule has 20 heavy (non-hydrogen) atoms. The summed E-state index contributed by atoms with van der Waals surface area (Å²) >= 11 is 0. The molecule has 4 nitrogen and oxygen atoms in total. The van der Waals surface area contributed by atoms with E-state index >= 15 is 0 Å². The molecule has 0 atom stereocenters. The molecule has 1 amide bonds. The number of pyridine rings is 1. The maximum atomic E-state index is 12.3. The van der Waals surface area contributed by atoms with Crippen LogP contribution in [0.2, 0.25) is 0 Å². The van der Waals surface area contributed by atoms with Crippen LogP contribution in [0.3, 0.4) is 0 Å². The largest absolute Gasteiger partial charge is 0.322 e.